The Hall–Kier alpha value is -0.790. The van der Waals surface area contributed by atoms with Crippen LogP contribution in [-0.4, -0.2) is 5.91 Å². The molecule has 0 aromatic heterocycles. The minimum Gasteiger partial charge on any atom is -0.331 e. The van der Waals surface area contributed by atoms with Crippen molar-refractivity contribution in [1.82, 2.24) is 5.32 Å². The minimum atomic E-state index is 0.0463. The summed E-state index contributed by atoms with van der Waals surface area (Å²) in [6.45, 7) is 11.5. The van der Waals surface area contributed by atoms with Gasteiger partial charge in [-0.25, -0.2) is 0 Å². The van der Waals surface area contributed by atoms with Gasteiger partial charge in [-0.15, -0.1) is 0 Å². The highest BCUT2D eigenvalue weighted by Crippen LogP contribution is 2.17. The van der Waals surface area contributed by atoms with Crippen molar-refractivity contribution in [1.29, 1.82) is 0 Å². The van der Waals surface area contributed by atoms with E-state index in [0.29, 0.717) is 12.1 Å². The van der Waals surface area contributed by atoms with E-state index in [1.807, 2.05) is 20.8 Å². The van der Waals surface area contributed by atoms with Crippen LogP contribution >= 0.6 is 0 Å². The predicted molar refractivity (Wildman–Crippen MR) is 47.0 cm³/mol. The van der Waals surface area contributed by atoms with Crippen LogP contribution in [-0.2, 0) is 4.79 Å². The Labute approximate surface area is 68.7 Å². The smallest absolute Gasteiger partial charge is 0.224 e. The molecule has 0 spiro atoms. The Kier molecular flexibility index (Phi) is 3.30. The van der Waals surface area contributed by atoms with E-state index < -0.39 is 0 Å². The Morgan fingerprint density at radius 2 is 1.91 bits per heavy atom. The Morgan fingerprint density at radius 1 is 1.45 bits per heavy atom. The van der Waals surface area contributed by atoms with Gasteiger partial charge in [0.1, 0.15) is 0 Å². The van der Waals surface area contributed by atoms with Gasteiger partial charge in [0.2, 0.25) is 5.91 Å². The summed E-state index contributed by atoms with van der Waals surface area (Å²) < 4.78 is 0. The van der Waals surface area contributed by atoms with Crippen LogP contribution < -0.4 is 5.32 Å². The van der Waals surface area contributed by atoms with E-state index in [2.05, 4.69) is 11.9 Å². The van der Waals surface area contributed by atoms with Gasteiger partial charge in [-0.1, -0.05) is 27.4 Å². The molecule has 0 aromatic rings. The Bertz CT molecular complexity index is 165. The Morgan fingerprint density at radius 3 is 2.18 bits per heavy atom. The standard InChI is InChI=1S/C9H17NO/c1-7(2)10-8(11)6-9(3,4)5/h1,6H2,2-5H3,(H,10,11). The van der Waals surface area contributed by atoms with E-state index in [0.717, 1.165) is 0 Å². The third-order valence-electron chi connectivity index (χ3n) is 1.04. The molecule has 0 saturated carbocycles. The molecule has 0 aromatic carbocycles. The number of carbonyl (C=O) groups excluding carboxylic acids is 1. The number of allylic oxidation sites excluding steroid dienone is 1. The first kappa shape index (κ1) is 10.2. The average Bonchev–Trinajstić information content (AvgIpc) is 1.53. The summed E-state index contributed by atoms with van der Waals surface area (Å²) in [7, 11) is 0. The lowest BCUT2D eigenvalue weighted by molar-refractivity contribution is -0.122. The molecule has 0 unspecified atom stereocenters. The fraction of sp³-hybridized carbons (Fsp3) is 0.667. The summed E-state index contributed by atoms with van der Waals surface area (Å²) in [6.07, 6.45) is 0.542. The number of carbonyl (C=O) groups is 1. The van der Waals surface area contributed by atoms with Crippen molar-refractivity contribution in [3.63, 3.8) is 0 Å². The van der Waals surface area contributed by atoms with Crippen molar-refractivity contribution >= 4 is 5.91 Å². The summed E-state index contributed by atoms with van der Waals surface area (Å²) in [6, 6.07) is 0. The molecule has 0 radical (unpaired) electrons. The third kappa shape index (κ3) is 7.10. The zero-order valence-electron chi connectivity index (χ0n) is 7.82. The number of rotatable bonds is 2. The highest BCUT2D eigenvalue weighted by atomic mass is 16.1. The van der Waals surface area contributed by atoms with Gasteiger partial charge in [0.05, 0.1) is 0 Å². The maximum absolute atomic E-state index is 11.1. The van der Waals surface area contributed by atoms with Crippen LogP contribution in [0.3, 0.4) is 0 Å². The maximum atomic E-state index is 11.1. The molecule has 0 aliphatic rings. The monoisotopic (exact) mass is 155 g/mol. The van der Waals surface area contributed by atoms with E-state index in [-0.39, 0.29) is 11.3 Å². The van der Waals surface area contributed by atoms with Gasteiger partial charge in [0.15, 0.2) is 0 Å². The van der Waals surface area contributed by atoms with Crippen molar-refractivity contribution in [2.24, 2.45) is 5.41 Å². The van der Waals surface area contributed by atoms with E-state index in [1.54, 1.807) is 6.92 Å². The van der Waals surface area contributed by atoms with Crippen LogP contribution in [0, 0.1) is 5.41 Å². The first-order chi connectivity index (χ1) is 4.81. The SMILES string of the molecule is C=C(C)NC(=O)CC(C)(C)C. The number of hydrogen-bond donors (Lipinski definition) is 1. The zero-order valence-corrected chi connectivity index (χ0v) is 7.82. The topological polar surface area (TPSA) is 29.1 Å². The Balaban J connectivity index is 3.80. The summed E-state index contributed by atoms with van der Waals surface area (Å²) in [5.41, 5.74) is 0.763. The van der Waals surface area contributed by atoms with Gasteiger partial charge >= 0.3 is 0 Å². The minimum absolute atomic E-state index is 0.0463. The molecule has 11 heavy (non-hydrogen) atoms. The highest BCUT2D eigenvalue weighted by Gasteiger charge is 2.15. The van der Waals surface area contributed by atoms with Crippen LogP contribution in [0.25, 0.3) is 0 Å². The molecular weight excluding hydrogens is 138 g/mol. The van der Waals surface area contributed by atoms with E-state index in [9.17, 15) is 4.79 Å². The van der Waals surface area contributed by atoms with Crippen LogP contribution in [0.2, 0.25) is 0 Å². The second kappa shape index (κ2) is 3.56. The number of amides is 1. The van der Waals surface area contributed by atoms with Gasteiger partial charge in [0, 0.05) is 12.1 Å². The molecule has 0 heterocycles. The first-order valence-corrected chi connectivity index (χ1v) is 3.76. The van der Waals surface area contributed by atoms with Gasteiger partial charge in [-0.05, 0) is 12.3 Å². The van der Waals surface area contributed by atoms with Crippen LogP contribution in [0.1, 0.15) is 34.1 Å². The highest BCUT2D eigenvalue weighted by molar-refractivity contribution is 5.78. The van der Waals surface area contributed by atoms with Crippen molar-refractivity contribution < 1.29 is 4.79 Å². The van der Waals surface area contributed by atoms with Crippen LogP contribution in [0.5, 0.6) is 0 Å². The van der Waals surface area contributed by atoms with Crippen LogP contribution in [0.15, 0.2) is 12.3 Å². The van der Waals surface area contributed by atoms with Crippen molar-refractivity contribution in [2.75, 3.05) is 0 Å². The first-order valence-electron chi connectivity index (χ1n) is 3.76. The quantitative estimate of drug-likeness (QED) is 0.650. The molecule has 0 aliphatic heterocycles. The van der Waals surface area contributed by atoms with Gasteiger partial charge in [-0.3, -0.25) is 4.79 Å². The van der Waals surface area contributed by atoms with Crippen molar-refractivity contribution in [3.8, 4) is 0 Å². The predicted octanol–water partition coefficient (Wildman–Crippen LogP) is 2.07. The molecule has 0 rings (SSSR count). The summed E-state index contributed by atoms with van der Waals surface area (Å²) >= 11 is 0. The average molecular weight is 155 g/mol. The lowest BCUT2D eigenvalue weighted by atomic mass is 9.92. The molecule has 0 aliphatic carbocycles. The largest absolute Gasteiger partial charge is 0.331 e. The zero-order chi connectivity index (χ0) is 9.07. The third-order valence-corrected chi connectivity index (χ3v) is 1.04. The fourth-order valence-corrected chi connectivity index (χ4v) is 0.764. The van der Waals surface area contributed by atoms with Gasteiger partial charge in [0.25, 0.3) is 0 Å². The second-order valence-corrected chi connectivity index (χ2v) is 4.07. The van der Waals surface area contributed by atoms with Gasteiger partial charge in [-0.2, -0.15) is 0 Å². The number of nitrogens with one attached hydrogen (secondary N) is 1. The molecule has 0 bridgehead atoms. The van der Waals surface area contributed by atoms with E-state index in [1.165, 1.54) is 0 Å². The molecule has 0 atom stereocenters. The lowest BCUT2D eigenvalue weighted by Crippen LogP contribution is -2.25. The molecule has 1 amide bonds. The summed E-state index contributed by atoms with van der Waals surface area (Å²) in [5.74, 6) is 0.0463. The van der Waals surface area contributed by atoms with Crippen molar-refractivity contribution in [3.05, 3.63) is 12.3 Å². The lowest BCUT2D eigenvalue weighted by Gasteiger charge is -2.16. The van der Waals surface area contributed by atoms with E-state index >= 15 is 0 Å². The molecule has 0 fully saturated rings. The van der Waals surface area contributed by atoms with E-state index in [4.69, 9.17) is 0 Å². The van der Waals surface area contributed by atoms with Crippen LogP contribution in [0.4, 0.5) is 0 Å². The normalized spacial score (nSPS) is 10.9. The molecule has 2 nitrogen and oxygen atoms in total. The summed E-state index contributed by atoms with van der Waals surface area (Å²) in [5, 5.41) is 2.67. The van der Waals surface area contributed by atoms with Crippen molar-refractivity contribution in [2.45, 2.75) is 34.1 Å². The number of hydrogen-bond acceptors (Lipinski definition) is 1. The second-order valence-electron chi connectivity index (χ2n) is 4.07. The molecule has 64 valence electrons. The molecule has 1 N–H and O–H groups in total. The molecule has 0 saturated heterocycles. The molecular formula is C9H17NO. The molecule has 2 heteroatoms. The fourth-order valence-electron chi connectivity index (χ4n) is 0.764. The maximum Gasteiger partial charge on any atom is 0.224 e. The summed E-state index contributed by atoms with van der Waals surface area (Å²) in [4.78, 5) is 11.1. The van der Waals surface area contributed by atoms with Gasteiger partial charge < -0.3 is 5.32 Å².